The molecule has 11 rings (SSSR count). The van der Waals surface area contributed by atoms with Crippen LogP contribution in [0, 0.1) is 0 Å². The van der Waals surface area contributed by atoms with Gasteiger partial charge >= 0.3 is 0 Å². The van der Waals surface area contributed by atoms with Crippen LogP contribution in [0.3, 0.4) is 0 Å². The molecular weight excluding hydrogens is 725 g/mol. The second-order valence-electron chi connectivity index (χ2n) is 14.4. The number of pyridine rings is 1. The average molecular weight is 757 g/mol. The van der Waals surface area contributed by atoms with Crippen LogP contribution in [0.4, 0.5) is 0 Å². The van der Waals surface area contributed by atoms with E-state index in [0.717, 1.165) is 83.3 Å². The Morgan fingerprint density at radius 2 is 0.797 bits per heavy atom. The molecule has 7 nitrogen and oxygen atoms in total. The number of nitrogens with zero attached hydrogens (tertiary/aromatic N) is 6. The van der Waals surface area contributed by atoms with Crippen LogP contribution in [0.5, 0.6) is 0 Å². The van der Waals surface area contributed by atoms with E-state index in [1.54, 1.807) is 6.20 Å². The predicted octanol–water partition coefficient (Wildman–Crippen LogP) is 12.8. The highest BCUT2D eigenvalue weighted by atomic mass is 16.3. The zero-order chi connectivity index (χ0) is 39.1. The summed E-state index contributed by atoms with van der Waals surface area (Å²) < 4.78 is 6.37. The Labute approximate surface area is 339 Å². The van der Waals surface area contributed by atoms with Crippen LogP contribution >= 0.6 is 0 Å². The normalized spacial score (nSPS) is 11.4. The first-order chi connectivity index (χ1) is 29.2. The van der Waals surface area contributed by atoms with E-state index in [4.69, 9.17) is 29.3 Å². The van der Waals surface area contributed by atoms with E-state index in [1.807, 2.05) is 48.5 Å². The van der Waals surface area contributed by atoms with E-state index in [2.05, 4.69) is 145 Å². The molecule has 4 heterocycles. The number of oxazole rings is 1. The summed E-state index contributed by atoms with van der Waals surface area (Å²) in [4.78, 5) is 30.3. The lowest BCUT2D eigenvalue weighted by molar-refractivity contribution is 0.619. The number of rotatable bonds is 7. The Morgan fingerprint density at radius 1 is 0.339 bits per heavy atom. The molecule has 276 valence electrons. The van der Waals surface area contributed by atoms with Gasteiger partial charge in [0.05, 0.1) is 22.8 Å². The van der Waals surface area contributed by atoms with Crippen molar-refractivity contribution in [2.24, 2.45) is 0 Å². The molecule has 59 heavy (non-hydrogen) atoms. The minimum Gasteiger partial charge on any atom is -0.434 e. The molecule has 7 aromatic carbocycles. The Kier molecular flexibility index (Phi) is 8.33. The van der Waals surface area contributed by atoms with Crippen molar-refractivity contribution in [1.29, 1.82) is 0 Å². The highest BCUT2D eigenvalue weighted by Gasteiger charge is 2.19. The van der Waals surface area contributed by atoms with Crippen molar-refractivity contribution in [3.8, 4) is 79.3 Å². The molecule has 7 heteroatoms. The summed E-state index contributed by atoms with van der Waals surface area (Å²) in [7, 11) is 0. The minimum atomic E-state index is 0.444. The topological polar surface area (TPSA) is 90.5 Å². The Morgan fingerprint density at radius 3 is 1.32 bits per heavy atom. The van der Waals surface area contributed by atoms with Gasteiger partial charge < -0.3 is 4.42 Å². The number of hydrogen-bond acceptors (Lipinski definition) is 7. The molecule has 0 spiro atoms. The van der Waals surface area contributed by atoms with Crippen LogP contribution in [-0.4, -0.2) is 29.9 Å². The van der Waals surface area contributed by atoms with E-state index < -0.39 is 0 Å². The molecule has 0 saturated heterocycles. The zero-order valence-corrected chi connectivity index (χ0v) is 31.6. The molecule has 4 aromatic heterocycles. The van der Waals surface area contributed by atoms with Gasteiger partial charge in [-0.1, -0.05) is 146 Å². The Bertz CT molecular complexity index is 3120. The first-order valence-corrected chi connectivity index (χ1v) is 19.4. The summed E-state index contributed by atoms with van der Waals surface area (Å²) in [6, 6.07) is 63.8. The molecule has 0 bridgehead atoms. The monoisotopic (exact) mass is 756 g/mol. The third kappa shape index (κ3) is 6.46. The summed E-state index contributed by atoms with van der Waals surface area (Å²) in [5.41, 5.74) is 10.6. The lowest BCUT2D eigenvalue weighted by Gasteiger charge is -2.14. The molecule has 11 aromatic rings. The second kappa shape index (κ2) is 14.4. The fourth-order valence-electron chi connectivity index (χ4n) is 7.72. The van der Waals surface area contributed by atoms with Gasteiger partial charge in [-0.25, -0.2) is 24.9 Å². The lowest BCUT2D eigenvalue weighted by Crippen LogP contribution is -1.99. The number of fused-ring (bicyclic) bond motifs is 3. The van der Waals surface area contributed by atoms with Gasteiger partial charge in [-0.05, 0) is 64.0 Å². The fraction of sp³-hybridized carbons (Fsp3) is 0. The average Bonchev–Trinajstić information content (AvgIpc) is 3.76. The smallest absolute Gasteiger partial charge is 0.228 e. The molecule has 0 aliphatic rings. The number of hydrogen-bond donors (Lipinski definition) is 0. The van der Waals surface area contributed by atoms with Crippen LogP contribution in [0.25, 0.3) is 112 Å². The molecule has 0 aliphatic heterocycles. The van der Waals surface area contributed by atoms with Gasteiger partial charge in [-0.3, -0.25) is 0 Å². The second-order valence-corrected chi connectivity index (χ2v) is 14.4. The molecule has 0 fully saturated rings. The third-order valence-electron chi connectivity index (χ3n) is 10.6. The highest BCUT2D eigenvalue weighted by molar-refractivity contribution is 5.97. The fourth-order valence-corrected chi connectivity index (χ4v) is 7.72. The van der Waals surface area contributed by atoms with E-state index in [1.165, 1.54) is 0 Å². The Balaban J connectivity index is 1.17. The van der Waals surface area contributed by atoms with Gasteiger partial charge in [-0.15, -0.1) is 0 Å². The summed E-state index contributed by atoms with van der Waals surface area (Å²) in [5.74, 6) is 1.70. The molecule has 0 atom stereocenters. The summed E-state index contributed by atoms with van der Waals surface area (Å²) in [6.45, 7) is 0. The van der Waals surface area contributed by atoms with Crippen molar-refractivity contribution < 1.29 is 4.42 Å². The summed E-state index contributed by atoms with van der Waals surface area (Å²) in [5, 5.41) is 4.40. The van der Waals surface area contributed by atoms with Crippen molar-refractivity contribution >= 4 is 32.8 Å². The SMILES string of the molecule is c1ccc(-c2cc(-c3cc(-c4cc(-c5ccccc5)nc(-c5cccc6ccccc56)n4)cc(-c4nc5ncccc5o4)c3)nc(-c3cccc4ccccc34)n2)cc1. The zero-order valence-electron chi connectivity index (χ0n) is 31.6. The van der Waals surface area contributed by atoms with Gasteiger partial charge in [0, 0.05) is 45.1 Å². The number of benzene rings is 7. The van der Waals surface area contributed by atoms with Gasteiger partial charge in [-0.2, -0.15) is 4.98 Å². The third-order valence-corrected chi connectivity index (χ3v) is 10.6. The van der Waals surface area contributed by atoms with Crippen LogP contribution in [-0.2, 0) is 0 Å². The molecular formula is C52H32N6O. The Hall–Kier alpha value is -8.16. The summed E-state index contributed by atoms with van der Waals surface area (Å²) in [6.07, 6.45) is 1.72. The van der Waals surface area contributed by atoms with Gasteiger partial charge in [0.25, 0.3) is 0 Å². The van der Waals surface area contributed by atoms with Gasteiger partial charge in [0.15, 0.2) is 22.9 Å². The summed E-state index contributed by atoms with van der Waals surface area (Å²) >= 11 is 0. The molecule has 0 N–H and O–H groups in total. The van der Waals surface area contributed by atoms with Gasteiger partial charge in [0.1, 0.15) is 0 Å². The predicted molar refractivity (Wildman–Crippen MR) is 236 cm³/mol. The largest absolute Gasteiger partial charge is 0.434 e. The van der Waals surface area contributed by atoms with Crippen LogP contribution in [0.1, 0.15) is 0 Å². The molecule has 0 saturated carbocycles. The van der Waals surface area contributed by atoms with Crippen molar-refractivity contribution in [2.75, 3.05) is 0 Å². The van der Waals surface area contributed by atoms with Crippen LogP contribution < -0.4 is 0 Å². The van der Waals surface area contributed by atoms with Crippen molar-refractivity contribution in [3.05, 3.63) is 194 Å². The molecule has 0 aliphatic carbocycles. The van der Waals surface area contributed by atoms with Crippen LogP contribution in [0.2, 0.25) is 0 Å². The first-order valence-electron chi connectivity index (χ1n) is 19.4. The van der Waals surface area contributed by atoms with E-state index in [-0.39, 0.29) is 0 Å². The lowest BCUT2D eigenvalue weighted by atomic mass is 9.98. The standard InChI is InChI=1S/C52H32N6O/c1-3-16-35(17-4-1)44-31-46(56-49(54-44)42-24-11-20-33-14-7-9-22-40(33)42)37-28-38(30-39(29-37)52-58-51-48(59-52)26-13-27-53-51)47-32-45(36-18-5-2-6-19-36)55-50(57-47)43-25-12-21-34-15-8-10-23-41(34)43/h1-32H. The quantitative estimate of drug-likeness (QED) is 0.160. The maximum Gasteiger partial charge on any atom is 0.228 e. The molecule has 0 unspecified atom stereocenters. The number of aromatic nitrogens is 6. The van der Waals surface area contributed by atoms with Gasteiger partial charge in [0.2, 0.25) is 5.89 Å². The van der Waals surface area contributed by atoms with Crippen molar-refractivity contribution in [1.82, 2.24) is 29.9 Å². The first kappa shape index (κ1) is 34.1. The highest BCUT2D eigenvalue weighted by Crippen LogP contribution is 2.38. The minimum absolute atomic E-state index is 0.444. The molecule has 0 radical (unpaired) electrons. The van der Waals surface area contributed by atoms with Crippen LogP contribution in [0.15, 0.2) is 199 Å². The van der Waals surface area contributed by atoms with Crippen molar-refractivity contribution in [3.63, 3.8) is 0 Å². The van der Waals surface area contributed by atoms with Crippen molar-refractivity contribution in [2.45, 2.75) is 0 Å². The molecule has 0 amide bonds. The van der Waals surface area contributed by atoms with E-state index in [0.29, 0.717) is 28.8 Å². The maximum atomic E-state index is 6.37. The maximum absolute atomic E-state index is 6.37. The van der Waals surface area contributed by atoms with E-state index in [9.17, 15) is 0 Å². The van der Waals surface area contributed by atoms with E-state index >= 15 is 0 Å².